The Labute approximate surface area is 114 Å². The number of benzene rings is 1. The second-order valence-electron chi connectivity index (χ2n) is 4.51. The number of pyridine rings is 1. The van der Waals surface area contributed by atoms with Crippen LogP contribution in [0.25, 0.3) is 0 Å². The van der Waals surface area contributed by atoms with Crippen LogP contribution in [0.4, 0.5) is 8.78 Å². The van der Waals surface area contributed by atoms with Crippen LogP contribution in [0.15, 0.2) is 48.8 Å². The number of carbonyl (C=O) groups excluding carboxylic acids is 1. The number of Topliss-reactive ketones (excluding diaryl/α,β-unsaturated/α-hetero) is 1. The van der Waals surface area contributed by atoms with Gasteiger partial charge in [0.05, 0.1) is 0 Å². The molecule has 0 bridgehead atoms. The van der Waals surface area contributed by atoms with E-state index in [4.69, 9.17) is 0 Å². The molecule has 20 heavy (non-hydrogen) atoms. The highest BCUT2D eigenvalue weighted by atomic mass is 19.3. The summed E-state index contributed by atoms with van der Waals surface area (Å²) in [6, 6.07) is 8.59. The normalized spacial score (nSPS) is 13.0. The van der Waals surface area contributed by atoms with Crippen LogP contribution in [0, 0.1) is 6.92 Å². The third-order valence-corrected chi connectivity index (χ3v) is 2.96. The summed E-state index contributed by atoms with van der Waals surface area (Å²) in [5.41, 5.74) is 0.643. The van der Waals surface area contributed by atoms with Crippen molar-refractivity contribution < 1.29 is 18.7 Å². The molecule has 0 spiro atoms. The fourth-order valence-corrected chi connectivity index (χ4v) is 1.77. The van der Waals surface area contributed by atoms with E-state index in [9.17, 15) is 18.7 Å². The Kier molecular flexibility index (Phi) is 3.90. The lowest BCUT2D eigenvalue weighted by atomic mass is 9.96. The number of alkyl halides is 2. The first kappa shape index (κ1) is 14.3. The fourth-order valence-electron chi connectivity index (χ4n) is 1.77. The summed E-state index contributed by atoms with van der Waals surface area (Å²) in [5.74, 6) is -5.35. The van der Waals surface area contributed by atoms with Gasteiger partial charge in [0.25, 0.3) is 0 Å². The van der Waals surface area contributed by atoms with Crippen molar-refractivity contribution in [3.63, 3.8) is 0 Å². The first-order valence-electron chi connectivity index (χ1n) is 6.00. The zero-order valence-electron chi connectivity index (χ0n) is 10.8. The molecule has 0 fully saturated rings. The Balaban J connectivity index is 2.29. The maximum Gasteiger partial charge on any atom is 0.339 e. The molecule has 1 atom stereocenters. The van der Waals surface area contributed by atoms with Crippen LogP contribution in [-0.2, 0) is 0 Å². The summed E-state index contributed by atoms with van der Waals surface area (Å²) >= 11 is 0. The molecule has 104 valence electrons. The number of aliphatic hydroxyl groups is 1. The second kappa shape index (κ2) is 5.46. The van der Waals surface area contributed by atoms with Crippen LogP contribution < -0.4 is 0 Å². The van der Waals surface area contributed by atoms with Crippen LogP contribution in [0.2, 0.25) is 0 Å². The van der Waals surface area contributed by atoms with Gasteiger partial charge in [-0.05, 0) is 24.6 Å². The van der Waals surface area contributed by atoms with Gasteiger partial charge in [0, 0.05) is 18.0 Å². The number of aromatic nitrogens is 1. The third kappa shape index (κ3) is 2.72. The zero-order chi connectivity index (χ0) is 14.8. The molecule has 1 N–H and O–H groups in total. The van der Waals surface area contributed by atoms with E-state index in [1.54, 1.807) is 19.1 Å². The number of hydrogen-bond donors (Lipinski definition) is 1. The number of carbonyl (C=O) groups is 1. The van der Waals surface area contributed by atoms with Crippen LogP contribution in [0.1, 0.15) is 27.6 Å². The van der Waals surface area contributed by atoms with Crippen LogP contribution in [-0.4, -0.2) is 21.8 Å². The van der Waals surface area contributed by atoms with E-state index in [2.05, 4.69) is 4.98 Å². The molecule has 5 heteroatoms. The highest BCUT2D eigenvalue weighted by Gasteiger charge is 2.47. The van der Waals surface area contributed by atoms with E-state index in [1.807, 2.05) is 0 Å². The molecule has 0 saturated heterocycles. The molecule has 2 aromatic rings. The number of nitrogens with zero attached hydrogens (tertiary/aromatic N) is 1. The van der Waals surface area contributed by atoms with Crippen LogP contribution in [0.5, 0.6) is 0 Å². The van der Waals surface area contributed by atoms with Gasteiger partial charge in [0.1, 0.15) is 0 Å². The van der Waals surface area contributed by atoms with Gasteiger partial charge in [0.2, 0.25) is 5.78 Å². The van der Waals surface area contributed by atoms with Gasteiger partial charge in [-0.3, -0.25) is 9.78 Å². The van der Waals surface area contributed by atoms with Gasteiger partial charge in [-0.25, -0.2) is 0 Å². The molecule has 1 unspecified atom stereocenters. The minimum atomic E-state index is -3.90. The lowest BCUT2D eigenvalue weighted by molar-refractivity contribution is -0.0792. The van der Waals surface area contributed by atoms with Crippen molar-refractivity contribution in [3.8, 4) is 0 Å². The molecule has 3 nitrogen and oxygen atoms in total. The van der Waals surface area contributed by atoms with Crippen LogP contribution in [0.3, 0.4) is 0 Å². The van der Waals surface area contributed by atoms with Crippen molar-refractivity contribution in [2.75, 3.05) is 0 Å². The first-order valence-corrected chi connectivity index (χ1v) is 6.00. The predicted molar refractivity (Wildman–Crippen MR) is 69.7 cm³/mol. The average molecular weight is 277 g/mol. The molecule has 0 saturated carbocycles. The Bertz CT molecular complexity index is 597. The number of ketones is 1. The minimum Gasteiger partial charge on any atom is -0.382 e. The van der Waals surface area contributed by atoms with E-state index in [0.717, 1.165) is 11.8 Å². The van der Waals surface area contributed by atoms with Crippen molar-refractivity contribution in [1.82, 2.24) is 4.98 Å². The van der Waals surface area contributed by atoms with Gasteiger partial charge >= 0.3 is 5.92 Å². The maximum atomic E-state index is 14.1. The molecule has 1 heterocycles. The molecule has 0 aliphatic heterocycles. The van der Waals surface area contributed by atoms with Gasteiger partial charge in [-0.2, -0.15) is 8.78 Å². The van der Waals surface area contributed by atoms with Crippen molar-refractivity contribution in [3.05, 3.63) is 65.5 Å². The Hall–Kier alpha value is -2.14. The molecule has 2 rings (SSSR count). The quantitative estimate of drug-likeness (QED) is 0.874. The first-order chi connectivity index (χ1) is 9.43. The van der Waals surface area contributed by atoms with E-state index >= 15 is 0 Å². The SMILES string of the molecule is Cc1ccc(C(O)C(F)(F)C(=O)c2cccnc2)cc1. The standard InChI is InChI=1S/C15H13F2NO2/c1-10-4-6-11(7-5-10)13(19)15(16,17)14(20)12-3-2-8-18-9-12/h2-9,13,19H,1H3. The smallest absolute Gasteiger partial charge is 0.339 e. The van der Waals surface area contributed by atoms with Crippen LogP contribution >= 0.6 is 0 Å². The van der Waals surface area contributed by atoms with Gasteiger partial charge in [-0.1, -0.05) is 29.8 Å². The summed E-state index contributed by atoms with van der Waals surface area (Å²) in [5, 5.41) is 9.78. The molecule has 0 aliphatic carbocycles. The molecule has 0 radical (unpaired) electrons. The Morgan fingerprint density at radius 3 is 2.45 bits per heavy atom. The number of aliphatic hydroxyl groups excluding tert-OH is 1. The molecule has 1 aromatic carbocycles. The largest absolute Gasteiger partial charge is 0.382 e. The molecular weight excluding hydrogens is 264 g/mol. The number of hydrogen-bond acceptors (Lipinski definition) is 3. The summed E-state index contributed by atoms with van der Waals surface area (Å²) < 4.78 is 28.1. The van der Waals surface area contributed by atoms with E-state index in [-0.39, 0.29) is 11.1 Å². The average Bonchev–Trinajstić information content (AvgIpc) is 2.47. The topological polar surface area (TPSA) is 50.2 Å². The van der Waals surface area contributed by atoms with Crippen molar-refractivity contribution >= 4 is 5.78 Å². The number of rotatable bonds is 4. The Morgan fingerprint density at radius 2 is 1.90 bits per heavy atom. The van der Waals surface area contributed by atoms with E-state index in [1.165, 1.54) is 30.5 Å². The molecule has 0 aliphatic rings. The van der Waals surface area contributed by atoms with Gasteiger partial charge < -0.3 is 5.11 Å². The minimum absolute atomic E-state index is 0.00200. The Morgan fingerprint density at radius 1 is 1.25 bits per heavy atom. The van der Waals surface area contributed by atoms with Gasteiger partial charge in [-0.15, -0.1) is 0 Å². The van der Waals surface area contributed by atoms with Crippen molar-refractivity contribution in [1.29, 1.82) is 0 Å². The highest BCUT2D eigenvalue weighted by molar-refractivity contribution is 6.01. The van der Waals surface area contributed by atoms with Crippen molar-refractivity contribution in [2.45, 2.75) is 19.0 Å². The maximum absolute atomic E-state index is 14.1. The molecule has 0 amide bonds. The summed E-state index contributed by atoms with van der Waals surface area (Å²) in [6.07, 6.45) is 0.250. The summed E-state index contributed by atoms with van der Waals surface area (Å²) in [6.45, 7) is 1.80. The van der Waals surface area contributed by atoms with E-state index in [0.29, 0.717) is 0 Å². The van der Waals surface area contributed by atoms with Crippen molar-refractivity contribution in [2.24, 2.45) is 0 Å². The van der Waals surface area contributed by atoms with E-state index < -0.39 is 17.8 Å². The fraction of sp³-hybridized carbons (Fsp3) is 0.200. The third-order valence-electron chi connectivity index (χ3n) is 2.96. The second-order valence-corrected chi connectivity index (χ2v) is 4.51. The predicted octanol–water partition coefficient (Wildman–Crippen LogP) is 2.94. The monoisotopic (exact) mass is 277 g/mol. The highest BCUT2D eigenvalue weighted by Crippen LogP contribution is 2.34. The van der Waals surface area contributed by atoms with Gasteiger partial charge in [0.15, 0.2) is 6.10 Å². The summed E-state index contributed by atoms with van der Waals surface area (Å²) in [4.78, 5) is 15.4. The lowest BCUT2D eigenvalue weighted by Gasteiger charge is -2.21. The summed E-state index contributed by atoms with van der Waals surface area (Å²) in [7, 11) is 0. The molecular formula is C15H13F2NO2. The molecule has 1 aromatic heterocycles. The number of aryl methyl sites for hydroxylation is 1. The zero-order valence-corrected chi connectivity index (χ0v) is 10.8. The number of halogens is 2. The lowest BCUT2D eigenvalue weighted by Crippen LogP contribution is -2.36.